The Kier molecular flexibility index (Phi) is 9.05. The number of carbonyl (C=O) groups is 3. The van der Waals surface area contributed by atoms with E-state index in [-0.39, 0.29) is 21.8 Å². The third kappa shape index (κ3) is 6.76. The fourth-order valence-corrected chi connectivity index (χ4v) is 5.32. The second-order valence-electron chi connectivity index (χ2n) is 9.28. The summed E-state index contributed by atoms with van der Waals surface area (Å²) in [7, 11) is 0. The van der Waals surface area contributed by atoms with Crippen LogP contribution in [-0.2, 0) is 15.8 Å². The van der Waals surface area contributed by atoms with Crippen LogP contribution in [0.25, 0.3) is 0 Å². The molecule has 0 spiro atoms. The Bertz CT molecular complexity index is 1660. The van der Waals surface area contributed by atoms with Gasteiger partial charge in [-0.05, 0) is 61.0 Å². The van der Waals surface area contributed by atoms with Gasteiger partial charge in [0.2, 0.25) is 11.8 Å². The van der Waals surface area contributed by atoms with Crippen molar-refractivity contribution in [2.45, 2.75) is 23.4 Å². The summed E-state index contributed by atoms with van der Waals surface area (Å²) in [6, 6.07) is 7.55. The number of anilines is 3. The van der Waals surface area contributed by atoms with Gasteiger partial charge in [0.15, 0.2) is 5.82 Å². The van der Waals surface area contributed by atoms with Crippen LogP contribution in [0.2, 0.25) is 5.02 Å². The number of halogens is 9. The Morgan fingerprint density at radius 1 is 0.907 bits per heavy atom. The average Bonchev–Trinajstić information content (AvgIpc) is 3.50. The lowest BCUT2D eigenvalue weighted by molar-refractivity contribution is -0.140. The topological polar surface area (TPSA) is 87.3 Å². The van der Waals surface area contributed by atoms with Crippen LogP contribution in [0, 0.1) is 23.4 Å². The van der Waals surface area contributed by atoms with Crippen LogP contribution in [0.15, 0.2) is 60.7 Å². The summed E-state index contributed by atoms with van der Waals surface area (Å²) in [5.41, 5.74) is -3.23. The molecule has 3 amide bonds. The molecule has 0 aliphatic heterocycles. The summed E-state index contributed by atoms with van der Waals surface area (Å²) in [4.78, 5) is 37.7. The van der Waals surface area contributed by atoms with Crippen LogP contribution >= 0.6 is 34.8 Å². The van der Waals surface area contributed by atoms with Gasteiger partial charge in [-0.2, -0.15) is 13.2 Å². The van der Waals surface area contributed by atoms with Crippen LogP contribution in [0.3, 0.4) is 0 Å². The predicted molar refractivity (Wildman–Crippen MR) is 150 cm³/mol. The number of hydrogen-bond acceptors (Lipinski definition) is 3. The van der Waals surface area contributed by atoms with Gasteiger partial charge in [0, 0.05) is 11.6 Å². The van der Waals surface area contributed by atoms with Crippen molar-refractivity contribution in [1.29, 1.82) is 0 Å². The summed E-state index contributed by atoms with van der Waals surface area (Å²) in [6.07, 6.45) is -2.61. The molecule has 1 unspecified atom stereocenters. The van der Waals surface area contributed by atoms with Gasteiger partial charge in [-0.1, -0.05) is 23.7 Å². The number of benzene rings is 3. The quantitative estimate of drug-likeness (QED) is 0.136. The molecule has 3 aromatic carbocycles. The smallest absolute Gasteiger partial charge is 0.326 e. The lowest BCUT2D eigenvalue weighted by Crippen LogP contribution is -2.19. The molecule has 0 saturated heterocycles. The van der Waals surface area contributed by atoms with Crippen LogP contribution < -0.4 is 16.0 Å². The van der Waals surface area contributed by atoms with E-state index in [0.29, 0.717) is 12.1 Å². The van der Waals surface area contributed by atoms with Gasteiger partial charge in [-0.15, -0.1) is 23.2 Å². The predicted octanol–water partition coefficient (Wildman–Crippen LogP) is 8.07. The Morgan fingerprint density at radius 3 is 2.23 bits per heavy atom. The number of rotatable bonds is 7. The van der Waals surface area contributed by atoms with E-state index in [0.717, 1.165) is 30.3 Å². The van der Waals surface area contributed by atoms with Gasteiger partial charge in [-0.3, -0.25) is 14.4 Å². The SMILES string of the molecule is C/C=C/C(=O)Nc1c(F)ccc(NC(=O)c2cc(NC(=O)C3[C@H](c4ccc(F)c(C(F)(F)F)c4)C3(Cl)Cl)ccc2Cl)c1F. The maximum Gasteiger partial charge on any atom is 0.419 e. The fourth-order valence-electron chi connectivity index (χ4n) is 4.29. The van der Waals surface area contributed by atoms with Crippen molar-refractivity contribution in [3.63, 3.8) is 0 Å². The fraction of sp³-hybridized carbons (Fsp3) is 0.179. The lowest BCUT2D eigenvalue weighted by atomic mass is 10.0. The molecule has 4 rings (SSSR count). The van der Waals surface area contributed by atoms with Gasteiger partial charge in [-0.25, -0.2) is 13.2 Å². The number of carbonyl (C=O) groups excluding carboxylic acids is 3. The van der Waals surface area contributed by atoms with Gasteiger partial charge in [0.25, 0.3) is 5.91 Å². The molecule has 1 fully saturated rings. The zero-order valence-electron chi connectivity index (χ0n) is 21.6. The summed E-state index contributed by atoms with van der Waals surface area (Å²) in [5.74, 6) is -8.86. The van der Waals surface area contributed by atoms with Crippen molar-refractivity contribution < 1.29 is 40.7 Å². The van der Waals surface area contributed by atoms with E-state index >= 15 is 0 Å². The van der Waals surface area contributed by atoms with E-state index < -0.39 is 74.5 Å². The van der Waals surface area contributed by atoms with Crippen molar-refractivity contribution in [2.24, 2.45) is 5.92 Å². The van der Waals surface area contributed by atoms with Gasteiger partial charge in [0.1, 0.15) is 21.7 Å². The first kappa shape index (κ1) is 32.2. The van der Waals surface area contributed by atoms with E-state index in [4.69, 9.17) is 34.8 Å². The molecule has 43 heavy (non-hydrogen) atoms. The third-order valence-electron chi connectivity index (χ3n) is 6.38. The number of allylic oxidation sites excluding steroid dienone is 1. The van der Waals surface area contributed by atoms with Crippen molar-refractivity contribution in [3.8, 4) is 0 Å². The zero-order chi connectivity index (χ0) is 31.9. The highest BCUT2D eigenvalue weighted by atomic mass is 35.5. The van der Waals surface area contributed by atoms with E-state index in [1.54, 1.807) is 0 Å². The first-order valence-electron chi connectivity index (χ1n) is 12.1. The zero-order valence-corrected chi connectivity index (χ0v) is 23.8. The molecular weight excluding hydrogens is 647 g/mol. The minimum atomic E-state index is -4.99. The summed E-state index contributed by atoms with van der Waals surface area (Å²) < 4.78 is 80.5. The second-order valence-corrected chi connectivity index (χ2v) is 11.1. The van der Waals surface area contributed by atoms with Crippen molar-refractivity contribution >= 4 is 69.6 Å². The number of amides is 3. The largest absolute Gasteiger partial charge is 0.419 e. The lowest BCUT2D eigenvalue weighted by Gasteiger charge is -2.13. The number of alkyl halides is 5. The molecule has 2 atom stereocenters. The van der Waals surface area contributed by atoms with Crippen molar-refractivity contribution in [3.05, 3.63) is 99.8 Å². The summed E-state index contributed by atoms with van der Waals surface area (Å²) in [6.45, 7) is 1.52. The third-order valence-corrected chi connectivity index (χ3v) is 7.64. The first-order chi connectivity index (χ1) is 20.1. The monoisotopic (exact) mass is 663 g/mol. The van der Waals surface area contributed by atoms with E-state index in [2.05, 4.69) is 10.6 Å². The molecule has 0 heterocycles. The molecular formula is C28H18Cl3F6N3O3. The molecule has 0 radical (unpaired) electrons. The molecule has 1 aliphatic rings. The maximum absolute atomic E-state index is 14.9. The number of nitrogens with one attached hydrogen (secondary N) is 3. The Labute approximate surface area is 255 Å². The average molecular weight is 665 g/mol. The second kappa shape index (κ2) is 12.1. The Balaban J connectivity index is 1.53. The highest BCUT2D eigenvalue weighted by Crippen LogP contribution is 2.65. The molecule has 1 saturated carbocycles. The minimum absolute atomic E-state index is 0.0108. The van der Waals surface area contributed by atoms with Crippen LogP contribution in [0.5, 0.6) is 0 Å². The molecule has 3 aromatic rings. The molecule has 226 valence electrons. The molecule has 15 heteroatoms. The molecule has 3 N–H and O–H groups in total. The molecule has 0 aromatic heterocycles. The van der Waals surface area contributed by atoms with E-state index in [9.17, 15) is 40.7 Å². The van der Waals surface area contributed by atoms with Crippen molar-refractivity contribution in [2.75, 3.05) is 16.0 Å². The Morgan fingerprint density at radius 2 is 1.58 bits per heavy atom. The van der Waals surface area contributed by atoms with Gasteiger partial charge >= 0.3 is 6.18 Å². The first-order valence-corrected chi connectivity index (χ1v) is 13.3. The van der Waals surface area contributed by atoms with Crippen molar-refractivity contribution in [1.82, 2.24) is 0 Å². The summed E-state index contributed by atoms with van der Waals surface area (Å²) in [5, 5.41) is 6.55. The van der Waals surface area contributed by atoms with Crippen LogP contribution in [0.1, 0.15) is 34.3 Å². The van der Waals surface area contributed by atoms with Gasteiger partial charge < -0.3 is 16.0 Å². The van der Waals surface area contributed by atoms with Gasteiger partial charge in [0.05, 0.1) is 27.8 Å². The summed E-state index contributed by atoms with van der Waals surface area (Å²) >= 11 is 18.5. The van der Waals surface area contributed by atoms with Crippen LogP contribution in [-0.4, -0.2) is 22.1 Å². The maximum atomic E-state index is 14.9. The number of hydrogen-bond donors (Lipinski definition) is 3. The highest BCUT2D eigenvalue weighted by Gasteiger charge is 2.67. The van der Waals surface area contributed by atoms with E-state index in [1.807, 2.05) is 5.32 Å². The minimum Gasteiger partial charge on any atom is -0.326 e. The highest BCUT2D eigenvalue weighted by molar-refractivity contribution is 6.53. The Hall–Kier alpha value is -3.74. The van der Waals surface area contributed by atoms with E-state index in [1.165, 1.54) is 25.1 Å². The normalized spacial score (nSPS) is 17.4. The van der Waals surface area contributed by atoms with Crippen LogP contribution in [0.4, 0.5) is 43.4 Å². The molecule has 1 aliphatic carbocycles. The standard InChI is InChI=1S/C28H18Cl3F6N3O3/c1-2-3-20(41)40-24-18(33)8-9-19(23(24)34)39-25(42)14-11-13(5-6-16(14)29)38-26(43)22-21(27(22,30)31)12-4-7-17(32)15(10-12)28(35,36)37/h2-11,21-22H,1H3,(H,38,43)(H,39,42)(H,40,41)/b3-2+/t21-,22?/m0/s1. The molecule has 6 nitrogen and oxygen atoms in total. The molecule has 0 bridgehead atoms.